The normalized spacial score (nSPS) is 15.9. The summed E-state index contributed by atoms with van der Waals surface area (Å²) in [5.41, 5.74) is 0.608. The average molecular weight is 592 g/mol. The number of Topliss-reactive ketones (excluding diaryl/α,β-unsaturated/α-hetero) is 1. The van der Waals surface area contributed by atoms with Crippen molar-refractivity contribution in [1.82, 2.24) is 4.57 Å². The van der Waals surface area contributed by atoms with Crippen molar-refractivity contribution in [2.45, 2.75) is 31.4 Å². The third kappa shape index (κ3) is 7.69. The number of methoxy groups -OCH3 is 1. The first kappa shape index (κ1) is 30.2. The summed E-state index contributed by atoms with van der Waals surface area (Å²) in [6, 6.07) is 10.5. The summed E-state index contributed by atoms with van der Waals surface area (Å²) < 4.78 is 49.0. The van der Waals surface area contributed by atoms with Gasteiger partial charge in [0.15, 0.2) is 5.78 Å². The Hall–Kier alpha value is -3.80. The Morgan fingerprint density at radius 1 is 1.10 bits per heavy atom. The number of ketones is 1. The van der Waals surface area contributed by atoms with Gasteiger partial charge < -0.3 is 28.6 Å². The van der Waals surface area contributed by atoms with E-state index in [1.807, 2.05) is 0 Å². The maximum atomic E-state index is 13.6. The van der Waals surface area contributed by atoms with E-state index in [0.717, 1.165) is 0 Å². The molecule has 0 spiro atoms. The van der Waals surface area contributed by atoms with Crippen LogP contribution in [0.25, 0.3) is 11.1 Å². The van der Waals surface area contributed by atoms with E-state index in [0.29, 0.717) is 18.8 Å². The van der Waals surface area contributed by atoms with Crippen LogP contribution < -0.4 is 15.0 Å². The summed E-state index contributed by atoms with van der Waals surface area (Å²) >= 11 is 6.17. The zero-order chi connectivity index (χ0) is 29.5. The van der Waals surface area contributed by atoms with Gasteiger partial charge >= 0.3 is 5.97 Å². The second-order valence-corrected chi connectivity index (χ2v) is 9.74. The minimum atomic E-state index is -2.72. The minimum absolute atomic E-state index is 0.0748. The summed E-state index contributed by atoms with van der Waals surface area (Å²) in [4.78, 5) is 38.4. The number of alkyl halides is 2. The van der Waals surface area contributed by atoms with Crippen molar-refractivity contribution in [2.75, 3.05) is 33.5 Å². The fourth-order valence-corrected chi connectivity index (χ4v) is 4.71. The maximum Gasteiger partial charge on any atom is 0.335 e. The number of hydrogen-bond donors (Lipinski definition) is 1. The van der Waals surface area contributed by atoms with Crippen molar-refractivity contribution < 1.29 is 42.4 Å². The lowest BCUT2D eigenvalue weighted by molar-refractivity contribution is -0.126. The number of carboxylic acid groups (broad SMARTS) is 1. The molecule has 0 aliphatic carbocycles. The number of pyridine rings is 1. The lowest BCUT2D eigenvalue weighted by atomic mass is 9.97. The Balaban J connectivity index is 1.72. The van der Waals surface area contributed by atoms with Crippen LogP contribution in [0.4, 0.5) is 8.78 Å². The molecule has 0 amide bonds. The molecule has 1 aromatic heterocycles. The van der Waals surface area contributed by atoms with Crippen LogP contribution in [0.1, 0.15) is 28.4 Å². The van der Waals surface area contributed by atoms with Gasteiger partial charge in [0.05, 0.1) is 50.8 Å². The van der Waals surface area contributed by atoms with Crippen LogP contribution in [0.5, 0.6) is 11.5 Å². The molecule has 41 heavy (non-hydrogen) atoms. The largest absolute Gasteiger partial charge is 0.495 e. The molecular formula is C29H28ClF2NO8. The van der Waals surface area contributed by atoms with E-state index < -0.39 is 36.7 Å². The summed E-state index contributed by atoms with van der Waals surface area (Å²) in [6.07, 6.45) is -1.73. The van der Waals surface area contributed by atoms with Gasteiger partial charge in [-0.05, 0) is 35.9 Å². The molecule has 2 heterocycles. The van der Waals surface area contributed by atoms with E-state index in [9.17, 15) is 23.2 Å². The summed E-state index contributed by atoms with van der Waals surface area (Å²) in [5, 5.41) is 9.44. The highest BCUT2D eigenvalue weighted by Gasteiger charge is 2.29. The molecule has 1 fully saturated rings. The number of carbonyl (C=O) groups excluding carboxylic acids is 1. The van der Waals surface area contributed by atoms with E-state index in [4.69, 9.17) is 35.7 Å². The fourth-order valence-electron chi connectivity index (χ4n) is 4.54. The molecule has 9 nitrogen and oxygen atoms in total. The Bertz CT molecular complexity index is 1440. The van der Waals surface area contributed by atoms with Gasteiger partial charge in [-0.2, -0.15) is 0 Å². The molecule has 1 aliphatic rings. The number of carbonyl (C=O) groups is 2. The van der Waals surface area contributed by atoms with Crippen molar-refractivity contribution in [3.63, 3.8) is 0 Å². The number of hydrogen-bond acceptors (Lipinski definition) is 7. The second kappa shape index (κ2) is 13.7. The van der Waals surface area contributed by atoms with E-state index in [2.05, 4.69) is 0 Å². The number of nitrogens with zero attached hydrogens (tertiary/aromatic N) is 1. The Kier molecular flexibility index (Phi) is 10.1. The van der Waals surface area contributed by atoms with Gasteiger partial charge in [-0.3, -0.25) is 9.59 Å². The van der Waals surface area contributed by atoms with Gasteiger partial charge in [0.25, 0.3) is 12.0 Å². The lowest BCUT2D eigenvalue weighted by Gasteiger charge is -2.28. The predicted molar refractivity (Wildman–Crippen MR) is 146 cm³/mol. The highest BCUT2D eigenvalue weighted by Crippen LogP contribution is 2.38. The molecule has 0 radical (unpaired) electrons. The quantitative estimate of drug-likeness (QED) is 0.323. The first-order valence-electron chi connectivity index (χ1n) is 12.7. The minimum Gasteiger partial charge on any atom is -0.495 e. The van der Waals surface area contributed by atoms with Crippen molar-refractivity contribution in [1.29, 1.82) is 0 Å². The van der Waals surface area contributed by atoms with Crippen molar-refractivity contribution in [3.05, 3.63) is 81.2 Å². The number of rotatable bonds is 12. The molecule has 3 aromatic rings. The smallest absolute Gasteiger partial charge is 0.335 e. The van der Waals surface area contributed by atoms with Gasteiger partial charge in [-0.25, -0.2) is 13.6 Å². The van der Waals surface area contributed by atoms with Crippen LogP contribution in [0, 0.1) is 0 Å². The molecule has 1 saturated heterocycles. The van der Waals surface area contributed by atoms with E-state index in [1.54, 1.807) is 12.1 Å². The first-order chi connectivity index (χ1) is 19.7. The van der Waals surface area contributed by atoms with Crippen LogP contribution in [0.15, 0.2) is 59.5 Å². The number of ether oxygens (including phenoxy) is 4. The van der Waals surface area contributed by atoms with E-state index in [-0.39, 0.29) is 58.4 Å². The topological polar surface area (TPSA) is 113 Å². The monoisotopic (exact) mass is 591 g/mol. The predicted octanol–water partition coefficient (Wildman–Crippen LogP) is 4.68. The van der Waals surface area contributed by atoms with Crippen molar-refractivity contribution in [3.8, 4) is 22.6 Å². The van der Waals surface area contributed by atoms with Crippen LogP contribution >= 0.6 is 11.6 Å². The van der Waals surface area contributed by atoms with Crippen molar-refractivity contribution >= 4 is 23.4 Å². The van der Waals surface area contributed by atoms with E-state index in [1.165, 1.54) is 54.3 Å². The zero-order valence-electron chi connectivity index (χ0n) is 22.1. The molecule has 0 saturated carbocycles. The maximum absolute atomic E-state index is 13.6. The van der Waals surface area contributed by atoms with Gasteiger partial charge in [0.2, 0.25) is 0 Å². The molecule has 0 bridgehead atoms. The Morgan fingerprint density at radius 3 is 2.46 bits per heavy atom. The summed E-state index contributed by atoms with van der Waals surface area (Å²) in [6.45, 7) is 0.147. The Morgan fingerprint density at radius 2 is 1.83 bits per heavy atom. The van der Waals surface area contributed by atoms with Crippen molar-refractivity contribution in [2.24, 2.45) is 0 Å². The van der Waals surface area contributed by atoms with Gasteiger partial charge in [-0.15, -0.1) is 0 Å². The van der Waals surface area contributed by atoms with Crippen LogP contribution in [-0.2, 0) is 20.7 Å². The number of aromatic nitrogens is 1. The summed E-state index contributed by atoms with van der Waals surface area (Å²) in [7, 11) is 1.37. The number of carboxylic acids is 1. The molecular weight excluding hydrogens is 564 g/mol. The molecule has 2 unspecified atom stereocenters. The highest BCUT2D eigenvalue weighted by molar-refractivity contribution is 6.31. The van der Waals surface area contributed by atoms with E-state index >= 15 is 0 Å². The molecule has 2 atom stereocenters. The summed E-state index contributed by atoms with van der Waals surface area (Å²) in [5.74, 6) is -1.15. The fraction of sp³-hybridized carbons (Fsp3) is 0.345. The van der Waals surface area contributed by atoms with Crippen LogP contribution in [-0.4, -0.2) is 67.5 Å². The number of aromatic carboxylic acids is 1. The molecule has 12 heteroatoms. The lowest BCUT2D eigenvalue weighted by Crippen LogP contribution is -2.37. The van der Waals surface area contributed by atoms with Gasteiger partial charge in [0.1, 0.15) is 18.1 Å². The zero-order valence-corrected chi connectivity index (χ0v) is 22.8. The molecule has 2 aromatic carbocycles. The SMILES string of the molecule is COc1cn(C(CC2COCCO2)C(=O)Cc2ccc(C(=O)O)cc2)c(=O)cc1-c1cc(Cl)ccc1OCC(F)F. The highest BCUT2D eigenvalue weighted by atomic mass is 35.5. The third-order valence-corrected chi connectivity index (χ3v) is 6.75. The van der Waals surface area contributed by atoms with Gasteiger partial charge in [-0.1, -0.05) is 23.7 Å². The first-order valence-corrected chi connectivity index (χ1v) is 13.1. The Labute approximate surface area is 239 Å². The molecule has 1 aliphatic heterocycles. The number of benzene rings is 2. The standard InChI is InChI=1S/C29H28ClF2NO8/c1-38-26-14-33(28(35)13-22(26)21-11-19(30)6-7-25(21)41-16-27(31)32)23(12-20-15-39-8-9-40-20)24(34)10-17-2-4-18(5-3-17)29(36)37/h2-7,11,13-14,20,23,27H,8-10,12,15-16H2,1H3,(H,36,37). The van der Waals surface area contributed by atoms with Gasteiger partial charge in [0, 0.05) is 35.1 Å². The van der Waals surface area contributed by atoms with Crippen LogP contribution in [0.2, 0.25) is 5.02 Å². The molecule has 218 valence electrons. The second-order valence-electron chi connectivity index (χ2n) is 9.31. The third-order valence-electron chi connectivity index (χ3n) is 6.52. The van der Waals surface area contributed by atoms with Crippen LogP contribution in [0.3, 0.4) is 0 Å². The molecule has 1 N–H and O–H groups in total. The average Bonchev–Trinajstić information content (AvgIpc) is 2.96. The number of halogens is 3. The molecule has 4 rings (SSSR count).